The van der Waals surface area contributed by atoms with Gasteiger partial charge in [-0.15, -0.1) is 0 Å². The van der Waals surface area contributed by atoms with Gasteiger partial charge in [0, 0.05) is 18.0 Å². The highest BCUT2D eigenvalue weighted by Crippen LogP contribution is 2.12. The largest absolute Gasteiger partial charge is 0.384 e. The van der Waals surface area contributed by atoms with Crippen molar-refractivity contribution in [3.05, 3.63) is 18.3 Å². The topological polar surface area (TPSA) is 143 Å². The van der Waals surface area contributed by atoms with E-state index in [0.29, 0.717) is 0 Å². The molecule has 0 atom stereocenters. The summed E-state index contributed by atoms with van der Waals surface area (Å²) in [6.07, 6.45) is 1.36. The molecule has 0 unspecified atom stereocenters. The molecule has 2 rings (SSSR count). The number of aromatic nitrogens is 1. The van der Waals surface area contributed by atoms with Crippen LogP contribution in [0.2, 0.25) is 0 Å². The minimum atomic E-state index is -1.63. The molecule has 0 bridgehead atoms. The van der Waals surface area contributed by atoms with E-state index in [2.05, 4.69) is 10.3 Å². The van der Waals surface area contributed by atoms with E-state index in [1.54, 1.807) is 0 Å². The number of nitrogens with zero attached hydrogens (tertiary/aromatic N) is 1. The van der Waals surface area contributed by atoms with Gasteiger partial charge in [-0.05, 0) is 6.07 Å². The van der Waals surface area contributed by atoms with Crippen molar-refractivity contribution in [1.82, 2.24) is 15.6 Å². The zero-order chi connectivity index (χ0) is 14.0. The maximum absolute atomic E-state index is 11.8. The number of anilines is 2. The minimum Gasteiger partial charge on any atom is -0.384 e. The predicted molar refractivity (Wildman–Crippen MR) is 62.5 cm³/mol. The molecule has 1 fully saturated rings. The fourth-order valence-corrected chi connectivity index (χ4v) is 1.50. The van der Waals surface area contributed by atoms with E-state index in [1.807, 2.05) is 10.6 Å². The lowest BCUT2D eigenvalue weighted by Gasteiger charge is -2.19. The number of amides is 5. The van der Waals surface area contributed by atoms with E-state index in [1.165, 1.54) is 18.3 Å². The molecule has 5 N–H and O–H groups in total. The highest BCUT2D eigenvalue weighted by Gasteiger charge is 2.39. The molecule has 1 aliphatic rings. The zero-order valence-corrected chi connectivity index (χ0v) is 9.47. The van der Waals surface area contributed by atoms with Gasteiger partial charge < -0.3 is 11.1 Å². The lowest BCUT2D eigenvalue weighted by Crippen LogP contribution is -2.58. The molecular formula is C10H9N5O4. The Morgan fingerprint density at radius 1 is 1.26 bits per heavy atom. The van der Waals surface area contributed by atoms with Crippen LogP contribution in [0.3, 0.4) is 0 Å². The SMILES string of the molecule is Nc1cc(NC(=O)C2C(=O)NC(=O)NC2=O)ccn1. The first-order valence-electron chi connectivity index (χ1n) is 5.15. The second-order valence-electron chi connectivity index (χ2n) is 3.70. The standard InChI is InChI=1S/C10H9N5O4/c11-5-3-4(1-2-12-5)13-7(16)6-8(17)14-10(19)15-9(6)18/h1-3,6H,(H3,11,12,13,16)(H2,14,15,17,18,19). The number of carbonyl (C=O) groups is 4. The lowest BCUT2D eigenvalue weighted by atomic mass is 10.1. The molecule has 0 aliphatic carbocycles. The molecule has 19 heavy (non-hydrogen) atoms. The van der Waals surface area contributed by atoms with Crippen molar-refractivity contribution < 1.29 is 19.2 Å². The summed E-state index contributed by atoms with van der Waals surface area (Å²) < 4.78 is 0. The van der Waals surface area contributed by atoms with Crippen LogP contribution in [0.15, 0.2) is 18.3 Å². The predicted octanol–water partition coefficient (Wildman–Crippen LogP) is -1.42. The Balaban J connectivity index is 2.13. The van der Waals surface area contributed by atoms with Gasteiger partial charge in [-0.25, -0.2) is 9.78 Å². The Morgan fingerprint density at radius 2 is 1.89 bits per heavy atom. The van der Waals surface area contributed by atoms with E-state index in [-0.39, 0.29) is 11.5 Å². The van der Waals surface area contributed by atoms with Gasteiger partial charge in [0.1, 0.15) is 5.82 Å². The lowest BCUT2D eigenvalue weighted by molar-refractivity contribution is -0.141. The average Bonchev–Trinajstić information content (AvgIpc) is 2.27. The summed E-state index contributed by atoms with van der Waals surface area (Å²) >= 11 is 0. The zero-order valence-electron chi connectivity index (χ0n) is 9.47. The Hall–Kier alpha value is -2.97. The molecule has 2 heterocycles. The van der Waals surface area contributed by atoms with Crippen molar-refractivity contribution in [1.29, 1.82) is 0 Å². The molecule has 9 nitrogen and oxygen atoms in total. The van der Waals surface area contributed by atoms with Crippen LogP contribution in [-0.2, 0) is 14.4 Å². The Kier molecular flexibility index (Phi) is 3.10. The van der Waals surface area contributed by atoms with Crippen molar-refractivity contribution >= 4 is 35.3 Å². The molecule has 0 aromatic carbocycles. The van der Waals surface area contributed by atoms with E-state index >= 15 is 0 Å². The number of carbonyl (C=O) groups excluding carboxylic acids is 4. The fraction of sp³-hybridized carbons (Fsp3) is 0.100. The van der Waals surface area contributed by atoms with Gasteiger partial charge in [0.05, 0.1) is 0 Å². The van der Waals surface area contributed by atoms with Crippen molar-refractivity contribution in [3.8, 4) is 0 Å². The van der Waals surface area contributed by atoms with E-state index < -0.39 is 29.7 Å². The molecule has 5 amide bonds. The molecule has 0 spiro atoms. The third-order valence-electron chi connectivity index (χ3n) is 2.31. The van der Waals surface area contributed by atoms with Gasteiger partial charge in [0.15, 0.2) is 5.92 Å². The molecule has 0 saturated carbocycles. The van der Waals surface area contributed by atoms with Crippen LogP contribution in [0.4, 0.5) is 16.3 Å². The average molecular weight is 263 g/mol. The number of nitrogens with two attached hydrogens (primary N) is 1. The number of hydrogen-bond acceptors (Lipinski definition) is 6. The molecule has 1 aliphatic heterocycles. The second-order valence-corrected chi connectivity index (χ2v) is 3.70. The van der Waals surface area contributed by atoms with Gasteiger partial charge >= 0.3 is 6.03 Å². The first-order valence-corrected chi connectivity index (χ1v) is 5.15. The summed E-state index contributed by atoms with van der Waals surface area (Å²) in [5.74, 6) is -4.28. The van der Waals surface area contributed by atoms with Crippen LogP contribution < -0.4 is 21.7 Å². The van der Waals surface area contributed by atoms with E-state index in [9.17, 15) is 19.2 Å². The molecular weight excluding hydrogens is 254 g/mol. The number of barbiturate groups is 1. The number of nitrogens with one attached hydrogen (secondary N) is 3. The number of pyridine rings is 1. The Bertz CT molecular complexity index is 565. The number of nitrogen functional groups attached to an aromatic ring is 1. The highest BCUT2D eigenvalue weighted by atomic mass is 16.2. The summed E-state index contributed by atoms with van der Waals surface area (Å²) in [6.45, 7) is 0. The second kappa shape index (κ2) is 4.72. The van der Waals surface area contributed by atoms with Crippen LogP contribution in [0.25, 0.3) is 0 Å². The van der Waals surface area contributed by atoms with Gasteiger partial charge in [0.25, 0.3) is 0 Å². The van der Waals surface area contributed by atoms with Gasteiger partial charge in [-0.1, -0.05) is 0 Å². The number of urea groups is 1. The van der Waals surface area contributed by atoms with Gasteiger partial charge in [0.2, 0.25) is 17.7 Å². The molecule has 1 saturated heterocycles. The third kappa shape index (κ3) is 2.65. The summed E-state index contributed by atoms with van der Waals surface area (Å²) in [7, 11) is 0. The molecule has 1 aromatic rings. The smallest absolute Gasteiger partial charge is 0.328 e. The number of imide groups is 2. The van der Waals surface area contributed by atoms with E-state index in [0.717, 1.165) is 0 Å². The number of rotatable bonds is 2. The Labute approximate surface area is 106 Å². The van der Waals surface area contributed by atoms with Crippen LogP contribution in [0.1, 0.15) is 0 Å². The summed E-state index contributed by atoms with van der Waals surface area (Å²) in [4.78, 5) is 49.2. The first kappa shape index (κ1) is 12.5. The maximum atomic E-state index is 11.8. The van der Waals surface area contributed by atoms with Crippen LogP contribution in [-0.4, -0.2) is 28.7 Å². The van der Waals surface area contributed by atoms with Crippen molar-refractivity contribution in [2.75, 3.05) is 11.1 Å². The minimum absolute atomic E-state index is 0.172. The van der Waals surface area contributed by atoms with Crippen LogP contribution >= 0.6 is 0 Å². The van der Waals surface area contributed by atoms with Crippen molar-refractivity contribution in [3.63, 3.8) is 0 Å². The highest BCUT2D eigenvalue weighted by molar-refractivity contribution is 6.28. The molecule has 0 radical (unpaired) electrons. The summed E-state index contributed by atoms with van der Waals surface area (Å²) in [5, 5.41) is 6.00. The number of hydrogen-bond donors (Lipinski definition) is 4. The maximum Gasteiger partial charge on any atom is 0.328 e. The quantitative estimate of drug-likeness (QED) is 0.482. The normalized spacial score (nSPS) is 15.7. The summed E-state index contributed by atoms with van der Waals surface area (Å²) in [6, 6.07) is 1.85. The Morgan fingerprint density at radius 3 is 2.47 bits per heavy atom. The first-order chi connectivity index (χ1) is 8.97. The monoisotopic (exact) mass is 263 g/mol. The van der Waals surface area contributed by atoms with Crippen LogP contribution in [0, 0.1) is 5.92 Å². The fourth-order valence-electron chi connectivity index (χ4n) is 1.50. The van der Waals surface area contributed by atoms with Crippen LogP contribution in [0.5, 0.6) is 0 Å². The summed E-state index contributed by atoms with van der Waals surface area (Å²) in [5.41, 5.74) is 5.71. The molecule has 1 aromatic heterocycles. The molecule has 9 heteroatoms. The van der Waals surface area contributed by atoms with Crippen molar-refractivity contribution in [2.45, 2.75) is 0 Å². The van der Waals surface area contributed by atoms with Gasteiger partial charge in [-0.2, -0.15) is 0 Å². The van der Waals surface area contributed by atoms with Gasteiger partial charge in [-0.3, -0.25) is 25.0 Å². The molecule has 98 valence electrons. The van der Waals surface area contributed by atoms with E-state index in [4.69, 9.17) is 5.73 Å². The third-order valence-corrected chi connectivity index (χ3v) is 2.31. The van der Waals surface area contributed by atoms with Crippen molar-refractivity contribution in [2.24, 2.45) is 5.92 Å².